The van der Waals surface area contributed by atoms with Crippen molar-refractivity contribution < 1.29 is 4.39 Å². The third-order valence-corrected chi connectivity index (χ3v) is 4.10. The Balaban J connectivity index is 2.55. The van der Waals surface area contributed by atoms with Gasteiger partial charge in [-0.1, -0.05) is 36.2 Å². The molecule has 112 valence electrons. The third-order valence-electron chi connectivity index (χ3n) is 3.54. The highest BCUT2D eigenvalue weighted by molar-refractivity contribution is 6.31. The molecule has 0 fully saturated rings. The number of benzene rings is 2. The van der Waals surface area contributed by atoms with E-state index in [1.807, 2.05) is 32.0 Å². The molecule has 4 heteroatoms. The Morgan fingerprint density at radius 1 is 1.05 bits per heavy atom. The number of aryl methyl sites for hydroxylation is 2. The first-order chi connectivity index (χ1) is 9.93. The maximum absolute atomic E-state index is 13.6. The summed E-state index contributed by atoms with van der Waals surface area (Å²) in [6, 6.07) is 8.87. The number of rotatable bonds is 4. The van der Waals surface area contributed by atoms with Crippen molar-refractivity contribution in [2.24, 2.45) is 0 Å². The van der Waals surface area contributed by atoms with Crippen molar-refractivity contribution in [3.63, 3.8) is 0 Å². The van der Waals surface area contributed by atoms with Crippen molar-refractivity contribution in [2.75, 3.05) is 6.54 Å². The lowest BCUT2D eigenvalue weighted by Crippen LogP contribution is -2.23. The average molecular weight is 326 g/mol. The van der Waals surface area contributed by atoms with Crippen molar-refractivity contribution in [1.29, 1.82) is 0 Å². The molecule has 0 heterocycles. The van der Waals surface area contributed by atoms with Gasteiger partial charge in [0.1, 0.15) is 5.82 Å². The zero-order chi connectivity index (χ0) is 15.6. The summed E-state index contributed by atoms with van der Waals surface area (Å²) in [7, 11) is 0. The molecule has 0 spiro atoms. The van der Waals surface area contributed by atoms with Gasteiger partial charge in [-0.3, -0.25) is 0 Å². The van der Waals surface area contributed by atoms with Gasteiger partial charge in [-0.2, -0.15) is 0 Å². The number of nitrogens with one attached hydrogen (secondary N) is 1. The quantitative estimate of drug-likeness (QED) is 0.788. The summed E-state index contributed by atoms with van der Waals surface area (Å²) in [4.78, 5) is 0. The van der Waals surface area contributed by atoms with E-state index >= 15 is 0 Å². The fourth-order valence-electron chi connectivity index (χ4n) is 2.46. The predicted molar refractivity (Wildman–Crippen MR) is 87.9 cm³/mol. The Morgan fingerprint density at radius 3 is 2.38 bits per heavy atom. The van der Waals surface area contributed by atoms with E-state index < -0.39 is 0 Å². The number of halogens is 3. The minimum absolute atomic E-state index is 0.0842. The Labute approximate surface area is 135 Å². The van der Waals surface area contributed by atoms with Crippen LogP contribution in [0, 0.1) is 19.7 Å². The maximum Gasteiger partial charge on any atom is 0.127 e. The van der Waals surface area contributed by atoms with Crippen molar-refractivity contribution >= 4 is 23.2 Å². The molecule has 0 aromatic heterocycles. The van der Waals surface area contributed by atoms with Crippen LogP contribution < -0.4 is 5.32 Å². The Hall–Kier alpha value is -1.09. The van der Waals surface area contributed by atoms with Crippen LogP contribution in [0.15, 0.2) is 30.3 Å². The first-order valence-corrected chi connectivity index (χ1v) is 7.64. The summed E-state index contributed by atoms with van der Waals surface area (Å²) in [6.07, 6.45) is 0. The van der Waals surface area contributed by atoms with Gasteiger partial charge in [0.25, 0.3) is 0 Å². The molecule has 0 aliphatic carbocycles. The van der Waals surface area contributed by atoms with Crippen LogP contribution in [0.5, 0.6) is 0 Å². The van der Waals surface area contributed by atoms with Crippen LogP contribution in [0.2, 0.25) is 10.0 Å². The Kier molecular flexibility index (Phi) is 5.26. The van der Waals surface area contributed by atoms with E-state index in [1.54, 1.807) is 13.0 Å². The SMILES string of the molecule is CCNC(c1ccc(Cl)cc1C)c1cc(C)c(F)cc1Cl. The predicted octanol–water partition coefficient (Wildman–Crippen LogP) is 5.45. The van der Waals surface area contributed by atoms with Gasteiger partial charge in [-0.15, -0.1) is 0 Å². The summed E-state index contributed by atoms with van der Waals surface area (Å²) in [5.74, 6) is -0.285. The van der Waals surface area contributed by atoms with E-state index in [0.29, 0.717) is 15.6 Å². The summed E-state index contributed by atoms with van der Waals surface area (Å²) in [5, 5.41) is 4.54. The minimum atomic E-state index is -0.285. The molecule has 0 amide bonds. The van der Waals surface area contributed by atoms with E-state index in [0.717, 1.165) is 23.2 Å². The molecule has 0 radical (unpaired) electrons. The molecule has 0 aliphatic heterocycles. The smallest absolute Gasteiger partial charge is 0.127 e. The lowest BCUT2D eigenvalue weighted by molar-refractivity contribution is 0.605. The second-order valence-corrected chi connectivity index (χ2v) is 5.96. The molecule has 21 heavy (non-hydrogen) atoms. The van der Waals surface area contributed by atoms with Gasteiger partial charge in [0.05, 0.1) is 6.04 Å². The van der Waals surface area contributed by atoms with Gasteiger partial charge in [0, 0.05) is 10.0 Å². The van der Waals surface area contributed by atoms with Crippen molar-refractivity contribution in [3.05, 3.63) is 68.4 Å². The summed E-state index contributed by atoms with van der Waals surface area (Å²) in [5.41, 5.74) is 3.63. The van der Waals surface area contributed by atoms with Crippen LogP contribution in [-0.4, -0.2) is 6.54 Å². The van der Waals surface area contributed by atoms with Gasteiger partial charge < -0.3 is 5.32 Å². The van der Waals surface area contributed by atoms with E-state index in [1.165, 1.54) is 6.07 Å². The van der Waals surface area contributed by atoms with Crippen molar-refractivity contribution in [3.8, 4) is 0 Å². The summed E-state index contributed by atoms with van der Waals surface area (Å²) in [6.45, 7) is 6.56. The van der Waals surface area contributed by atoms with Gasteiger partial charge >= 0.3 is 0 Å². The molecule has 0 saturated heterocycles. The summed E-state index contributed by atoms with van der Waals surface area (Å²) < 4.78 is 13.6. The molecule has 1 N–H and O–H groups in total. The second kappa shape index (κ2) is 6.78. The van der Waals surface area contributed by atoms with E-state index in [2.05, 4.69) is 5.32 Å². The molecular formula is C17H18Cl2FN. The van der Waals surface area contributed by atoms with Crippen LogP contribution in [0.3, 0.4) is 0 Å². The monoisotopic (exact) mass is 325 g/mol. The lowest BCUT2D eigenvalue weighted by Gasteiger charge is -2.23. The zero-order valence-corrected chi connectivity index (χ0v) is 13.8. The van der Waals surface area contributed by atoms with Gasteiger partial charge in [-0.05, 0) is 66.9 Å². The Bertz CT molecular complexity index is 655. The third kappa shape index (κ3) is 3.57. The maximum atomic E-state index is 13.6. The lowest BCUT2D eigenvalue weighted by atomic mass is 9.93. The molecule has 2 aromatic carbocycles. The fraction of sp³-hybridized carbons (Fsp3) is 0.294. The largest absolute Gasteiger partial charge is 0.306 e. The second-order valence-electron chi connectivity index (χ2n) is 5.11. The molecule has 0 aliphatic rings. The van der Waals surface area contributed by atoms with E-state index in [-0.39, 0.29) is 11.9 Å². The number of hydrogen-bond donors (Lipinski definition) is 1. The topological polar surface area (TPSA) is 12.0 Å². The molecule has 2 aromatic rings. The summed E-state index contributed by atoms with van der Waals surface area (Å²) >= 11 is 12.3. The van der Waals surface area contributed by atoms with Crippen LogP contribution in [0.4, 0.5) is 4.39 Å². The van der Waals surface area contributed by atoms with Crippen LogP contribution in [0.1, 0.15) is 35.2 Å². The Morgan fingerprint density at radius 2 is 1.76 bits per heavy atom. The molecule has 0 bridgehead atoms. The van der Waals surface area contributed by atoms with Gasteiger partial charge in [0.2, 0.25) is 0 Å². The molecule has 1 atom stereocenters. The molecule has 0 saturated carbocycles. The van der Waals surface area contributed by atoms with Gasteiger partial charge in [-0.25, -0.2) is 4.39 Å². The van der Waals surface area contributed by atoms with Gasteiger partial charge in [0.15, 0.2) is 0 Å². The first kappa shape index (κ1) is 16.3. The first-order valence-electron chi connectivity index (χ1n) is 6.89. The van der Waals surface area contributed by atoms with Crippen LogP contribution in [0.25, 0.3) is 0 Å². The molecule has 2 rings (SSSR count). The highest BCUT2D eigenvalue weighted by atomic mass is 35.5. The van der Waals surface area contributed by atoms with E-state index in [4.69, 9.17) is 23.2 Å². The highest BCUT2D eigenvalue weighted by Crippen LogP contribution is 2.32. The van der Waals surface area contributed by atoms with Crippen LogP contribution >= 0.6 is 23.2 Å². The average Bonchev–Trinajstić information content (AvgIpc) is 2.41. The molecular weight excluding hydrogens is 308 g/mol. The standard InChI is InChI=1S/C17H18Cl2FN/c1-4-21-17(13-6-5-12(18)7-10(13)2)14-8-11(3)16(20)9-15(14)19/h5-9,17,21H,4H2,1-3H3. The zero-order valence-electron chi connectivity index (χ0n) is 12.3. The van der Waals surface area contributed by atoms with E-state index in [9.17, 15) is 4.39 Å². The number of hydrogen-bond acceptors (Lipinski definition) is 1. The molecule has 1 unspecified atom stereocenters. The van der Waals surface area contributed by atoms with Crippen molar-refractivity contribution in [1.82, 2.24) is 5.32 Å². The van der Waals surface area contributed by atoms with Crippen LogP contribution in [-0.2, 0) is 0 Å². The highest BCUT2D eigenvalue weighted by Gasteiger charge is 2.19. The normalized spacial score (nSPS) is 12.5. The van der Waals surface area contributed by atoms with Crippen molar-refractivity contribution in [2.45, 2.75) is 26.8 Å². The molecule has 1 nitrogen and oxygen atoms in total. The fourth-order valence-corrected chi connectivity index (χ4v) is 2.94. The minimum Gasteiger partial charge on any atom is -0.306 e.